The summed E-state index contributed by atoms with van der Waals surface area (Å²) in [5, 5.41) is 2.75. The van der Waals surface area contributed by atoms with Crippen LogP contribution in [0.25, 0.3) is 22.0 Å². The molecule has 0 radical (unpaired) electrons. The summed E-state index contributed by atoms with van der Waals surface area (Å²) in [6.07, 6.45) is 5.32. The van der Waals surface area contributed by atoms with Gasteiger partial charge in [0.2, 0.25) is 5.69 Å². The molecule has 1 fully saturated rings. The number of nitrogens with zero attached hydrogens (tertiary/aromatic N) is 1. The smallest absolute Gasteiger partial charge is 0.198 e. The van der Waals surface area contributed by atoms with Gasteiger partial charge in [0.15, 0.2) is 5.69 Å². The van der Waals surface area contributed by atoms with E-state index in [2.05, 4.69) is 95.6 Å². The van der Waals surface area contributed by atoms with E-state index in [9.17, 15) is 0 Å². The lowest BCUT2D eigenvalue weighted by Crippen LogP contribution is -2.35. The van der Waals surface area contributed by atoms with Crippen molar-refractivity contribution in [3.63, 3.8) is 0 Å². The number of fused-ring (bicyclic) bond motifs is 1. The number of hydrogen-bond donors (Lipinski definition) is 0. The number of aromatic nitrogens is 1. The summed E-state index contributed by atoms with van der Waals surface area (Å²) in [4.78, 5) is 0. The van der Waals surface area contributed by atoms with E-state index in [1.165, 1.54) is 70.1 Å². The fourth-order valence-corrected chi connectivity index (χ4v) is 5.16. The van der Waals surface area contributed by atoms with Gasteiger partial charge in [-0.2, -0.15) is 4.57 Å². The first kappa shape index (κ1) is 21.1. The molecule has 0 aliphatic heterocycles. The normalized spacial score (nSPS) is 17.1. The molecule has 0 atom stereocenters. The summed E-state index contributed by atoms with van der Waals surface area (Å²) in [5.41, 5.74) is 8.83. The molecule has 158 valence electrons. The van der Waals surface area contributed by atoms with Gasteiger partial charge in [0.05, 0.1) is 5.39 Å². The SMILES string of the molecule is Cc1ccc(C(C)C)cc1-c1c2ccc(C3CCC(C)(C)CC3)cc2cc(C)[n+]1C. The van der Waals surface area contributed by atoms with Crippen molar-refractivity contribution >= 4 is 10.8 Å². The van der Waals surface area contributed by atoms with E-state index in [4.69, 9.17) is 0 Å². The van der Waals surface area contributed by atoms with Crippen molar-refractivity contribution in [3.8, 4) is 11.3 Å². The molecule has 30 heavy (non-hydrogen) atoms. The van der Waals surface area contributed by atoms with Crippen LogP contribution in [-0.4, -0.2) is 0 Å². The zero-order valence-corrected chi connectivity index (χ0v) is 20.0. The topological polar surface area (TPSA) is 3.88 Å². The Hall–Kier alpha value is -2.15. The lowest BCUT2D eigenvalue weighted by molar-refractivity contribution is -0.665. The van der Waals surface area contributed by atoms with Gasteiger partial charge in [0.25, 0.3) is 0 Å². The summed E-state index contributed by atoms with van der Waals surface area (Å²) in [5.74, 6) is 1.25. The van der Waals surface area contributed by atoms with Gasteiger partial charge >= 0.3 is 0 Å². The molecule has 0 N–H and O–H groups in total. The van der Waals surface area contributed by atoms with Crippen LogP contribution >= 0.6 is 0 Å². The fraction of sp³-hybridized carbons (Fsp3) is 0.483. The predicted octanol–water partition coefficient (Wildman–Crippen LogP) is 7.76. The van der Waals surface area contributed by atoms with Crippen molar-refractivity contribution in [2.45, 2.75) is 79.1 Å². The molecule has 0 amide bonds. The minimum absolute atomic E-state index is 0.518. The van der Waals surface area contributed by atoms with Crippen LogP contribution in [0.5, 0.6) is 0 Å². The molecule has 1 nitrogen and oxygen atoms in total. The Morgan fingerprint density at radius 2 is 1.63 bits per heavy atom. The van der Waals surface area contributed by atoms with Crippen molar-refractivity contribution in [2.75, 3.05) is 0 Å². The van der Waals surface area contributed by atoms with E-state index >= 15 is 0 Å². The fourth-order valence-electron chi connectivity index (χ4n) is 5.16. The molecule has 0 unspecified atom stereocenters. The van der Waals surface area contributed by atoms with Crippen LogP contribution in [0.2, 0.25) is 0 Å². The van der Waals surface area contributed by atoms with Gasteiger partial charge in [-0.1, -0.05) is 52.0 Å². The van der Waals surface area contributed by atoms with Crippen LogP contribution < -0.4 is 4.57 Å². The standard InChI is InChI=1S/C29H38N/c1-19(2)23-9-8-20(3)27(18-23)28-26-11-10-24(17-25(26)16-21(4)30(28)7)22-12-14-29(5,6)15-13-22/h8-11,16-19,22H,12-15H2,1-7H3/q+1. The minimum Gasteiger partial charge on any atom is -0.198 e. The maximum atomic E-state index is 2.48. The Kier molecular flexibility index (Phi) is 5.51. The second-order valence-electron chi connectivity index (χ2n) is 10.7. The molecule has 0 spiro atoms. The van der Waals surface area contributed by atoms with Gasteiger partial charge in [0.1, 0.15) is 7.05 Å². The molecule has 1 saturated carbocycles. The van der Waals surface area contributed by atoms with Crippen molar-refractivity contribution in [1.82, 2.24) is 0 Å². The highest BCUT2D eigenvalue weighted by atomic mass is 14.9. The molecule has 1 heterocycles. The summed E-state index contributed by atoms with van der Waals surface area (Å²) in [7, 11) is 2.21. The third-order valence-electron chi connectivity index (χ3n) is 7.55. The van der Waals surface area contributed by atoms with Crippen molar-refractivity contribution in [1.29, 1.82) is 0 Å². The van der Waals surface area contributed by atoms with Crippen LogP contribution in [0.4, 0.5) is 0 Å². The molecular formula is C29H38N+. The second kappa shape index (κ2) is 7.84. The molecular weight excluding hydrogens is 362 g/mol. The maximum Gasteiger partial charge on any atom is 0.220 e. The first-order valence-electron chi connectivity index (χ1n) is 11.7. The molecule has 1 heteroatoms. The van der Waals surface area contributed by atoms with E-state index in [0.29, 0.717) is 17.3 Å². The highest BCUT2D eigenvalue weighted by Gasteiger charge is 2.28. The summed E-state index contributed by atoms with van der Waals surface area (Å²) in [6, 6.07) is 16.6. The van der Waals surface area contributed by atoms with E-state index in [0.717, 1.165) is 0 Å². The molecule has 3 aromatic rings. The van der Waals surface area contributed by atoms with E-state index < -0.39 is 0 Å². The van der Waals surface area contributed by atoms with Crippen LogP contribution in [0, 0.1) is 19.3 Å². The summed E-state index contributed by atoms with van der Waals surface area (Å²) in [6.45, 7) is 13.9. The Labute approximate surface area is 183 Å². The predicted molar refractivity (Wildman–Crippen MR) is 129 cm³/mol. The average molecular weight is 401 g/mol. The zero-order valence-electron chi connectivity index (χ0n) is 20.0. The summed E-state index contributed by atoms with van der Waals surface area (Å²) >= 11 is 0. The quantitative estimate of drug-likeness (QED) is 0.396. The third kappa shape index (κ3) is 3.92. The van der Waals surface area contributed by atoms with Gasteiger partial charge in [-0.3, -0.25) is 0 Å². The van der Waals surface area contributed by atoms with Crippen LogP contribution in [0.1, 0.15) is 87.6 Å². The van der Waals surface area contributed by atoms with Gasteiger partial charge in [-0.05, 0) is 84.1 Å². The van der Waals surface area contributed by atoms with E-state index in [-0.39, 0.29) is 0 Å². The first-order chi connectivity index (χ1) is 14.2. The zero-order chi connectivity index (χ0) is 21.6. The second-order valence-corrected chi connectivity index (χ2v) is 10.7. The first-order valence-corrected chi connectivity index (χ1v) is 11.7. The molecule has 1 aliphatic carbocycles. The lowest BCUT2D eigenvalue weighted by atomic mass is 9.71. The van der Waals surface area contributed by atoms with E-state index in [1.54, 1.807) is 0 Å². The van der Waals surface area contributed by atoms with Gasteiger partial charge in [-0.25, -0.2) is 0 Å². The Bertz CT molecular complexity index is 1080. The molecule has 0 saturated heterocycles. The molecule has 0 bridgehead atoms. The number of pyridine rings is 1. The Morgan fingerprint density at radius 3 is 2.30 bits per heavy atom. The monoisotopic (exact) mass is 400 g/mol. The Balaban J connectivity index is 1.84. The van der Waals surface area contributed by atoms with Crippen LogP contribution in [-0.2, 0) is 7.05 Å². The van der Waals surface area contributed by atoms with Crippen molar-refractivity contribution in [3.05, 3.63) is 64.8 Å². The van der Waals surface area contributed by atoms with Crippen LogP contribution in [0.15, 0.2) is 42.5 Å². The molecule has 4 rings (SSSR count). The maximum absolute atomic E-state index is 2.48. The minimum atomic E-state index is 0.518. The highest BCUT2D eigenvalue weighted by Crippen LogP contribution is 2.43. The largest absolute Gasteiger partial charge is 0.220 e. The lowest BCUT2D eigenvalue weighted by Gasteiger charge is -2.34. The van der Waals surface area contributed by atoms with Crippen molar-refractivity contribution < 1.29 is 4.57 Å². The van der Waals surface area contributed by atoms with Crippen molar-refractivity contribution in [2.24, 2.45) is 12.5 Å². The third-order valence-corrected chi connectivity index (χ3v) is 7.55. The molecule has 1 aromatic heterocycles. The van der Waals surface area contributed by atoms with Crippen LogP contribution in [0.3, 0.4) is 0 Å². The number of rotatable bonds is 3. The van der Waals surface area contributed by atoms with Gasteiger partial charge in [-0.15, -0.1) is 0 Å². The molecule has 2 aromatic carbocycles. The number of aryl methyl sites for hydroxylation is 2. The number of hydrogen-bond acceptors (Lipinski definition) is 0. The van der Waals surface area contributed by atoms with Gasteiger partial charge < -0.3 is 0 Å². The van der Waals surface area contributed by atoms with E-state index in [1.807, 2.05) is 0 Å². The molecule has 1 aliphatic rings. The average Bonchev–Trinajstić information content (AvgIpc) is 2.69. The number of benzene rings is 2. The van der Waals surface area contributed by atoms with Gasteiger partial charge in [0, 0.05) is 18.6 Å². The Morgan fingerprint density at radius 1 is 0.933 bits per heavy atom. The summed E-state index contributed by atoms with van der Waals surface area (Å²) < 4.78 is 2.37. The highest BCUT2D eigenvalue weighted by molar-refractivity contribution is 5.94.